The highest BCUT2D eigenvalue weighted by Crippen LogP contribution is 2.36. The van der Waals surface area contributed by atoms with Gasteiger partial charge in [-0.3, -0.25) is 9.36 Å². The van der Waals surface area contributed by atoms with E-state index in [1.54, 1.807) is 0 Å². The summed E-state index contributed by atoms with van der Waals surface area (Å²) in [6.07, 6.45) is 3.25. The molecule has 0 rings (SSSR count). The Morgan fingerprint density at radius 1 is 1.27 bits per heavy atom. The van der Waals surface area contributed by atoms with E-state index in [1.807, 2.05) is 11.9 Å². The molecular formula is C9H20NO4P. The predicted molar refractivity (Wildman–Crippen MR) is 58.7 cm³/mol. The van der Waals surface area contributed by atoms with Crippen molar-refractivity contribution >= 4 is 13.1 Å². The molecule has 0 bridgehead atoms. The molecule has 0 aromatic rings. The largest absolute Gasteiger partial charge is 0.391 e. The van der Waals surface area contributed by atoms with Crippen molar-refractivity contribution in [2.75, 3.05) is 20.1 Å². The quantitative estimate of drug-likeness (QED) is 0.490. The molecule has 0 aromatic carbocycles. The zero-order valence-electron chi connectivity index (χ0n) is 9.35. The average Bonchev–Trinajstić information content (AvgIpc) is 2.13. The van der Waals surface area contributed by atoms with E-state index in [9.17, 15) is 9.36 Å². The second-order valence-electron chi connectivity index (χ2n) is 3.70. The highest BCUT2D eigenvalue weighted by Gasteiger charge is 2.24. The number of carbonyl (C=O) groups excluding carboxylic acids is 1. The molecule has 0 saturated heterocycles. The number of hydrogen-bond acceptors (Lipinski definition) is 3. The van der Waals surface area contributed by atoms with Crippen molar-refractivity contribution in [3.8, 4) is 0 Å². The maximum atomic E-state index is 10.9. The Kier molecular flexibility index (Phi) is 7.02. The van der Waals surface area contributed by atoms with Crippen LogP contribution >= 0.6 is 7.60 Å². The zero-order chi connectivity index (χ0) is 11.9. The van der Waals surface area contributed by atoms with Gasteiger partial charge in [0.1, 0.15) is 0 Å². The maximum absolute atomic E-state index is 10.9. The van der Waals surface area contributed by atoms with Gasteiger partial charge in [0.25, 0.3) is 0 Å². The van der Waals surface area contributed by atoms with Crippen molar-refractivity contribution in [3.05, 3.63) is 0 Å². The maximum Gasteiger partial charge on any atom is 0.391 e. The molecule has 0 heterocycles. The van der Waals surface area contributed by atoms with Crippen LogP contribution in [0.2, 0.25) is 0 Å². The van der Waals surface area contributed by atoms with Gasteiger partial charge in [-0.1, -0.05) is 19.8 Å². The van der Waals surface area contributed by atoms with E-state index >= 15 is 0 Å². The molecule has 0 aliphatic carbocycles. The molecule has 0 saturated carbocycles. The molecule has 15 heavy (non-hydrogen) atoms. The molecule has 0 amide bonds. The van der Waals surface area contributed by atoms with E-state index in [4.69, 9.17) is 9.79 Å². The average molecular weight is 237 g/mol. The summed E-state index contributed by atoms with van der Waals surface area (Å²) >= 11 is 0. The lowest BCUT2D eigenvalue weighted by Crippen LogP contribution is -2.23. The smallest absolute Gasteiger partial charge is 0.319 e. The van der Waals surface area contributed by atoms with E-state index in [0.717, 1.165) is 25.8 Å². The van der Waals surface area contributed by atoms with Crippen molar-refractivity contribution in [3.63, 3.8) is 0 Å². The van der Waals surface area contributed by atoms with Crippen LogP contribution in [0, 0.1) is 0 Å². The third-order valence-electron chi connectivity index (χ3n) is 2.18. The minimum atomic E-state index is -4.51. The first kappa shape index (κ1) is 14.8. The molecule has 2 N–H and O–H groups in total. The monoisotopic (exact) mass is 237 g/mol. The third-order valence-corrected chi connectivity index (χ3v) is 3.05. The normalized spacial score (nSPS) is 12.1. The lowest BCUT2D eigenvalue weighted by atomic mass is 10.2. The number of nitrogens with zero attached hydrogens (tertiary/aromatic N) is 1. The lowest BCUT2D eigenvalue weighted by Gasteiger charge is -2.15. The van der Waals surface area contributed by atoms with E-state index < -0.39 is 13.1 Å². The third kappa shape index (κ3) is 7.68. The summed E-state index contributed by atoms with van der Waals surface area (Å²) < 4.78 is 10.5. The van der Waals surface area contributed by atoms with Crippen LogP contribution in [0.1, 0.15) is 32.6 Å². The van der Waals surface area contributed by atoms with Crippen LogP contribution in [0.15, 0.2) is 0 Å². The summed E-state index contributed by atoms with van der Waals surface area (Å²) in [7, 11) is -2.66. The summed E-state index contributed by atoms with van der Waals surface area (Å²) in [5.41, 5.74) is -0.968. The Labute approximate surface area is 90.6 Å². The number of unbranched alkanes of at least 4 members (excludes halogenated alkanes) is 2. The van der Waals surface area contributed by atoms with E-state index in [2.05, 4.69) is 6.92 Å². The Morgan fingerprint density at radius 3 is 2.33 bits per heavy atom. The fourth-order valence-electron chi connectivity index (χ4n) is 1.18. The fraction of sp³-hybridized carbons (Fsp3) is 0.889. The second-order valence-corrected chi connectivity index (χ2v) is 5.29. The van der Waals surface area contributed by atoms with Crippen molar-refractivity contribution in [1.29, 1.82) is 0 Å². The first-order valence-corrected chi connectivity index (χ1v) is 6.76. The Morgan fingerprint density at radius 2 is 1.87 bits per heavy atom. The molecule has 0 fully saturated rings. The molecule has 0 aliphatic heterocycles. The minimum absolute atomic E-state index is 0.0765. The first-order chi connectivity index (χ1) is 6.88. The van der Waals surface area contributed by atoms with Crippen LogP contribution in [0.4, 0.5) is 0 Å². The molecule has 0 spiro atoms. The molecule has 0 radical (unpaired) electrons. The van der Waals surface area contributed by atoms with Crippen LogP contribution in [-0.2, 0) is 9.36 Å². The van der Waals surface area contributed by atoms with Crippen LogP contribution in [-0.4, -0.2) is 40.3 Å². The van der Waals surface area contributed by atoms with Gasteiger partial charge in [0.15, 0.2) is 0 Å². The number of rotatable bonds is 8. The SMILES string of the molecule is CCCCCN(C)CCC(=O)P(=O)(O)O. The van der Waals surface area contributed by atoms with Gasteiger partial charge in [0, 0.05) is 13.0 Å². The Bertz CT molecular complexity index is 238. The molecular weight excluding hydrogens is 217 g/mol. The van der Waals surface area contributed by atoms with Crippen molar-refractivity contribution < 1.29 is 19.1 Å². The predicted octanol–water partition coefficient (Wildman–Crippen LogP) is 1.20. The molecule has 6 heteroatoms. The van der Waals surface area contributed by atoms with Crippen LogP contribution < -0.4 is 0 Å². The lowest BCUT2D eigenvalue weighted by molar-refractivity contribution is -0.113. The van der Waals surface area contributed by atoms with Crippen LogP contribution in [0.5, 0.6) is 0 Å². The highest BCUT2D eigenvalue weighted by atomic mass is 31.2. The summed E-state index contributed by atoms with van der Waals surface area (Å²) in [6.45, 7) is 3.38. The standard InChI is InChI=1S/C9H20NO4P/c1-3-4-5-7-10(2)8-6-9(11)15(12,13)14/h3-8H2,1-2H3,(H2,12,13,14). The molecule has 5 nitrogen and oxygen atoms in total. The van der Waals surface area contributed by atoms with E-state index in [-0.39, 0.29) is 6.42 Å². The Balaban J connectivity index is 3.67. The number of hydrogen-bond donors (Lipinski definition) is 2. The van der Waals surface area contributed by atoms with E-state index in [0.29, 0.717) is 6.54 Å². The van der Waals surface area contributed by atoms with Gasteiger partial charge >= 0.3 is 7.60 Å². The van der Waals surface area contributed by atoms with Crippen LogP contribution in [0.25, 0.3) is 0 Å². The summed E-state index contributed by atoms with van der Waals surface area (Å²) in [4.78, 5) is 29.9. The molecule has 0 aliphatic rings. The van der Waals surface area contributed by atoms with Gasteiger partial charge in [-0.2, -0.15) is 0 Å². The van der Waals surface area contributed by atoms with E-state index in [1.165, 1.54) is 0 Å². The zero-order valence-corrected chi connectivity index (χ0v) is 10.2. The highest BCUT2D eigenvalue weighted by molar-refractivity contribution is 7.70. The van der Waals surface area contributed by atoms with Gasteiger partial charge in [0.2, 0.25) is 5.52 Å². The number of carbonyl (C=O) groups is 1. The topological polar surface area (TPSA) is 77.8 Å². The minimum Gasteiger partial charge on any atom is -0.319 e. The van der Waals surface area contributed by atoms with Gasteiger partial charge < -0.3 is 14.7 Å². The fourth-order valence-corrected chi connectivity index (χ4v) is 1.57. The van der Waals surface area contributed by atoms with Gasteiger partial charge in [-0.15, -0.1) is 0 Å². The molecule has 90 valence electrons. The summed E-state index contributed by atoms with van der Waals surface area (Å²) in [6, 6.07) is 0. The molecule has 0 aromatic heterocycles. The van der Waals surface area contributed by atoms with Crippen LogP contribution in [0.3, 0.4) is 0 Å². The molecule has 0 unspecified atom stereocenters. The van der Waals surface area contributed by atoms with Crippen molar-refractivity contribution in [1.82, 2.24) is 4.90 Å². The van der Waals surface area contributed by atoms with Crippen molar-refractivity contribution in [2.24, 2.45) is 0 Å². The van der Waals surface area contributed by atoms with Crippen molar-refractivity contribution in [2.45, 2.75) is 32.6 Å². The summed E-state index contributed by atoms with van der Waals surface area (Å²) in [5, 5.41) is 0. The van der Waals surface area contributed by atoms with Gasteiger partial charge in [-0.25, -0.2) is 0 Å². The first-order valence-electron chi connectivity index (χ1n) is 5.15. The molecule has 0 atom stereocenters. The van der Waals surface area contributed by atoms with Gasteiger partial charge in [0.05, 0.1) is 0 Å². The Hall–Kier alpha value is -0.220. The summed E-state index contributed by atoms with van der Waals surface area (Å²) in [5.74, 6) is 0. The van der Waals surface area contributed by atoms with Gasteiger partial charge in [-0.05, 0) is 20.0 Å². The second kappa shape index (κ2) is 7.12.